The van der Waals surface area contributed by atoms with Crippen molar-refractivity contribution in [1.29, 1.82) is 0 Å². The Morgan fingerprint density at radius 1 is 1.07 bits per heavy atom. The number of non-ortho nitro benzene ring substituents is 1. The first kappa shape index (κ1) is 30.1. The van der Waals surface area contributed by atoms with Crippen LogP contribution in [0.2, 0.25) is 0 Å². The highest BCUT2D eigenvalue weighted by atomic mass is 32.2. The van der Waals surface area contributed by atoms with E-state index in [4.69, 9.17) is 0 Å². The number of para-hydroxylation sites is 1. The van der Waals surface area contributed by atoms with Gasteiger partial charge in [-0.1, -0.05) is 50.7 Å². The summed E-state index contributed by atoms with van der Waals surface area (Å²) in [4.78, 5) is 27.0. The van der Waals surface area contributed by atoms with Crippen molar-refractivity contribution in [2.24, 2.45) is 15.9 Å². The number of rotatable bonds is 9. The summed E-state index contributed by atoms with van der Waals surface area (Å²) in [6.45, 7) is 6.69. The molecule has 15 heteroatoms. The van der Waals surface area contributed by atoms with Crippen LogP contribution in [0.5, 0.6) is 0 Å². The smallest absolute Gasteiger partial charge is 0.277 e. The van der Waals surface area contributed by atoms with Crippen LogP contribution in [0.15, 0.2) is 79.9 Å². The lowest BCUT2D eigenvalue weighted by molar-refractivity contribution is -0.387. The number of thiazole rings is 1. The van der Waals surface area contributed by atoms with E-state index in [0.29, 0.717) is 27.8 Å². The van der Waals surface area contributed by atoms with Crippen LogP contribution < -0.4 is 5.43 Å². The highest BCUT2D eigenvalue weighted by Gasteiger charge is 2.60. The molecule has 12 nitrogen and oxygen atoms in total. The number of hydrazone groups is 1. The number of nitrogens with zero attached hydrogens (tertiary/aromatic N) is 5. The highest BCUT2D eigenvalue weighted by molar-refractivity contribution is 8.01. The quantitative estimate of drug-likeness (QED) is 0.115. The summed E-state index contributed by atoms with van der Waals surface area (Å²) in [6.07, 6.45) is 2.75. The van der Waals surface area contributed by atoms with E-state index < -0.39 is 19.9 Å². The maximum absolute atomic E-state index is 13.9. The predicted molar refractivity (Wildman–Crippen MR) is 170 cm³/mol. The molecule has 228 valence electrons. The zero-order valence-electron chi connectivity index (χ0n) is 24.0. The molecule has 2 atom stereocenters. The Labute approximate surface area is 261 Å². The third kappa shape index (κ3) is 5.33. The van der Waals surface area contributed by atoms with Crippen molar-refractivity contribution >= 4 is 66.6 Å². The van der Waals surface area contributed by atoms with Crippen molar-refractivity contribution in [2.75, 3.05) is 12.0 Å². The van der Waals surface area contributed by atoms with E-state index in [1.165, 1.54) is 51.8 Å². The van der Waals surface area contributed by atoms with Crippen LogP contribution in [0.1, 0.15) is 39.2 Å². The molecule has 3 aromatic carbocycles. The van der Waals surface area contributed by atoms with Crippen molar-refractivity contribution in [3.8, 4) is 0 Å². The van der Waals surface area contributed by atoms with Gasteiger partial charge in [0.25, 0.3) is 11.4 Å². The number of benzene rings is 3. The molecule has 0 unspecified atom stereocenters. The third-order valence-corrected chi connectivity index (χ3v) is 12.9. The van der Waals surface area contributed by atoms with Crippen LogP contribution in [0.4, 0.5) is 17.1 Å². The number of nitrogens with one attached hydrogen (secondary N) is 1. The number of hydrogen-bond acceptors (Lipinski definition) is 11. The second kappa shape index (κ2) is 10.9. The molecule has 6 rings (SSSR count). The van der Waals surface area contributed by atoms with Gasteiger partial charge < -0.3 is 0 Å². The van der Waals surface area contributed by atoms with Crippen molar-refractivity contribution in [1.82, 2.24) is 9.29 Å². The van der Waals surface area contributed by atoms with Crippen LogP contribution >= 0.6 is 23.1 Å². The van der Waals surface area contributed by atoms with Gasteiger partial charge in [0.1, 0.15) is 4.90 Å². The normalized spacial score (nSPS) is 21.3. The summed E-state index contributed by atoms with van der Waals surface area (Å²) >= 11 is 2.65. The van der Waals surface area contributed by atoms with Gasteiger partial charge in [0.15, 0.2) is 4.34 Å². The van der Waals surface area contributed by atoms with E-state index in [1.807, 2.05) is 24.3 Å². The zero-order chi connectivity index (χ0) is 31.4. The van der Waals surface area contributed by atoms with Crippen LogP contribution in [-0.2, 0) is 10.0 Å². The molecule has 0 spiro atoms. The number of piperidine rings is 1. The van der Waals surface area contributed by atoms with Crippen LogP contribution in [0.3, 0.4) is 0 Å². The zero-order valence-corrected chi connectivity index (χ0v) is 26.4. The van der Waals surface area contributed by atoms with E-state index in [9.17, 15) is 28.6 Å². The molecule has 2 bridgehead atoms. The van der Waals surface area contributed by atoms with Gasteiger partial charge in [-0.2, -0.15) is 9.41 Å². The van der Waals surface area contributed by atoms with Crippen molar-refractivity contribution < 1.29 is 18.3 Å². The summed E-state index contributed by atoms with van der Waals surface area (Å²) in [5.41, 5.74) is 3.28. The number of nitro groups is 2. The first-order chi connectivity index (χ1) is 20.8. The molecule has 2 heterocycles. The molecule has 2 aliphatic rings. The Morgan fingerprint density at radius 3 is 2.50 bits per heavy atom. The fraction of sp³-hybridized carbons (Fsp3) is 0.310. The van der Waals surface area contributed by atoms with E-state index in [0.717, 1.165) is 22.7 Å². The SMILES string of the molecule is CC1(C)C[C@H]2C[C@@]1(C)CN2S(=O)(=O)c1cc([N+](=O)[O-])ccc1N/N=C\c1ccc(Sc2nc3ccccc3s2)c([N+](=O)[O-])c1. The van der Waals surface area contributed by atoms with Gasteiger partial charge in [-0.3, -0.25) is 25.7 Å². The van der Waals surface area contributed by atoms with Crippen molar-refractivity contribution in [3.05, 3.63) is 86.5 Å². The van der Waals surface area contributed by atoms with Crippen LogP contribution in [0, 0.1) is 31.1 Å². The standard InChI is InChI=1S/C29H28N6O6S3/c1-28(2)14-20-15-29(28,3)17-33(20)44(40,41)26-13-19(34(36)37)9-10-22(26)32-30-16-18-8-11-25(23(12-18)35(38)39)43-27-31-21-6-4-5-7-24(21)42-27/h4-13,16,20,32H,14-15,17H2,1-3H3/b30-16-/t20-,29-/m0/s1. The second-order valence-corrected chi connectivity index (χ2v) is 16.1. The van der Waals surface area contributed by atoms with Gasteiger partial charge >= 0.3 is 0 Å². The summed E-state index contributed by atoms with van der Waals surface area (Å²) in [6, 6.07) is 15.6. The molecule has 1 saturated heterocycles. The lowest BCUT2D eigenvalue weighted by atomic mass is 9.69. The maximum atomic E-state index is 13.9. The molecule has 4 aromatic rings. The summed E-state index contributed by atoms with van der Waals surface area (Å²) < 4.78 is 30.9. The largest absolute Gasteiger partial charge is 0.283 e. The number of fused-ring (bicyclic) bond motifs is 3. The average molecular weight is 653 g/mol. The van der Waals surface area contributed by atoms with Crippen molar-refractivity contribution in [3.63, 3.8) is 0 Å². The summed E-state index contributed by atoms with van der Waals surface area (Å²) in [5, 5.41) is 27.6. The topological polar surface area (TPSA) is 161 Å². The van der Waals surface area contributed by atoms with Gasteiger partial charge in [-0.05, 0) is 47.9 Å². The summed E-state index contributed by atoms with van der Waals surface area (Å²) in [5.74, 6) is 0. The Bertz CT molecular complexity index is 1920. The van der Waals surface area contributed by atoms with E-state index >= 15 is 0 Å². The molecule has 1 saturated carbocycles. The van der Waals surface area contributed by atoms with Gasteiger partial charge in [0.05, 0.1) is 36.9 Å². The lowest BCUT2D eigenvalue weighted by Crippen LogP contribution is -2.46. The second-order valence-electron chi connectivity index (χ2n) is 11.9. The minimum absolute atomic E-state index is 0.0250. The number of aromatic nitrogens is 1. The minimum atomic E-state index is -4.11. The predicted octanol–water partition coefficient (Wildman–Crippen LogP) is 6.91. The fourth-order valence-electron chi connectivity index (χ4n) is 6.01. The number of sulfonamides is 1. The lowest BCUT2D eigenvalue weighted by Gasteiger charge is -2.42. The molecule has 1 N–H and O–H groups in total. The molecule has 0 radical (unpaired) electrons. The molecular formula is C29H28N6O6S3. The van der Waals surface area contributed by atoms with Gasteiger partial charge in [-0.25, -0.2) is 13.4 Å². The molecule has 2 fully saturated rings. The fourth-order valence-corrected chi connectivity index (χ4v) is 10.0. The van der Waals surface area contributed by atoms with Crippen LogP contribution in [0.25, 0.3) is 10.2 Å². The molecule has 44 heavy (non-hydrogen) atoms. The van der Waals surface area contributed by atoms with Crippen molar-refractivity contribution in [2.45, 2.75) is 53.8 Å². The molecule has 1 aliphatic heterocycles. The highest BCUT2D eigenvalue weighted by Crippen LogP contribution is 2.60. The Balaban J connectivity index is 1.25. The molecule has 1 aromatic heterocycles. The average Bonchev–Trinajstić information content (AvgIpc) is 3.60. The van der Waals surface area contributed by atoms with E-state index in [1.54, 1.807) is 12.1 Å². The third-order valence-electron chi connectivity index (χ3n) is 8.79. The Kier molecular flexibility index (Phi) is 7.47. The van der Waals surface area contributed by atoms with Crippen LogP contribution in [-0.4, -0.2) is 46.4 Å². The van der Waals surface area contributed by atoms with Gasteiger partial charge in [0.2, 0.25) is 10.0 Å². The van der Waals surface area contributed by atoms with Gasteiger partial charge in [-0.15, -0.1) is 11.3 Å². The van der Waals surface area contributed by atoms with E-state index in [2.05, 4.69) is 36.3 Å². The number of hydrogen-bond donors (Lipinski definition) is 1. The molecule has 0 amide bonds. The van der Waals surface area contributed by atoms with Gasteiger partial charge in [0, 0.05) is 36.3 Å². The Morgan fingerprint density at radius 2 is 1.84 bits per heavy atom. The first-order valence-corrected chi connectivity index (χ1v) is 16.8. The van der Waals surface area contributed by atoms with E-state index in [-0.39, 0.29) is 38.8 Å². The molecular weight excluding hydrogens is 625 g/mol. The first-order valence-electron chi connectivity index (χ1n) is 13.7. The number of nitro benzene ring substituents is 2. The monoisotopic (exact) mass is 652 g/mol. The summed E-state index contributed by atoms with van der Waals surface area (Å²) in [7, 11) is -4.11. The molecule has 1 aliphatic carbocycles. The minimum Gasteiger partial charge on any atom is -0.277 e. The maximum Gasteiger partial charge on any atom is 0.283 e. The Hall–Kier alpha value is -3.92. The number of anilines is 1.